The van der Waals surface area contributed by atoms with Crippen LogP contribution in [0.1, 0.15) is 31.5 Å². The van der Waals surface area contributed by atoms with Crippen LogP contribution < -0.4 is 10.6 Å². The molecule has 0 bridgehead atoms. The molecule has 0 aliphatic rings. The molecule has 24 heavy (non-hydrogen) atoms. The van der Waals surface area contributed by atoms with Gasteiger partial charge in [0.1, 0.15) is 0 Å². The predicted octanol–water partition coefficient (Wildman–Crippen LogP) is 2.20. The normalized spacial score (nSPS) is 11.6. The number of nitrogens with one attached hydrogen (secondary N) is 2. The van der Waals surface area contributed by atoms with Crippen LogP contribution in [0.2, 0.25) is 0 Å². The van der Waals surface area contributed by atoms with Gasteiger partial charge in [0.25, 0.3) is 0 Å². The number of carbonyl (C=O) groups is 1. The number of aliphatic hydroxyl groups excluding tert-OH is 1. The van der Waals surface area contributed by atoms with E-state index in [0.29, 0.717) is 11.3 Å². The number of carbonyl (C=O) groups excluding carboxylic acids is 1. The summed E-state index contributed by atoms with van der Waals surface area (Å²) in [5.41, 5.74) is 2.80. The van der Waals surface area contributed by atoms with Crippen molar-refractivity contribution < 1.29 is 9.90 Å². The molecule has 7 heteroatoms. The highest BCUT2D eigenvalue weighted by molar-refractivity contribution is 5.89. The van der Waals surface area contributed by atoms with Gasteiger partial charge in [-0.3, -0.25) is 0 Å². The molecule has 0 radical (unpaired) electrons. The molecular weight excluding hydrogens is 306 g/mol. The number of nitriles is 1. The molecule has 1 heterocycles. The first-order chi connectivity index (χ1) is 11.5. The first kappa shape index (κ1) is 17.5. The number of benzene rings is 1. The summed E-state index contributed by atoms with van der Waals surface area (Å²) in [5, 5.41) is 28.0. The summed E-state index contributed by atoms with van der Waals surface area (Å²) in [7, 11) is 0. The Morgan fingerprint density at radius 2 is 2.29 bits per heavy atom. The van der Waals surface area contributed by atoms with Gasteiger partial charge in [0, 0.05) is 6.54 Å². The minimum Gasteiger partial charge on any atom is -0.392 e. The molecule has 1 aromatic carbocycles. The van der Waals surface area contributed by atoms with E-state index in [0.717, 1.165) is 24.2 Å². The van der Waals surface area contributed by atoms with Crippen LogP contribution in [0.5, 0.6) is 0 Å². The van der Waals surface area contributed by atoms with Crippen LogP contribution in [0.25, 0.3) is 5.69 Å². The van der Waals surface area contributed by atoms with E-state index in [4.69, 9.17) is 5.26 Å². The van der Waals surface area contributed by atoms with E-state index >= 15 is 0 Å². The van der Waals surface area contributed by atoms with Gasteiger partial charge in [-0.1, -0.05) is 19.4 Å². The number of rotatable bonds is 6. The van der Waals surface area contributed by atoms with E-state index < -0.39 is 12.1 Å². The second-order valence-electron chi connectivity index (χ2n) is 5.51. The molecule has 2 amide bonds. The van der Waals surface area contributed by atoms with Crippen molar-refractivity contribution in [3.8, 4) is 11.8 Å². The SMILES string of the molecule is CCCc1c(NC(=O)NC[C@@H](C)O)cnn1-c1cccc(C#N)c1. The van der Waals surface area contributed by atoms with Gasteiger partial charge < -0.3 is 15.7 Å². The fourth-order valence-corrected chi connectivity index (χ4v) is 2.29. The van der Waals surface area contributed by atoms with E-state index in [-0.39, 0.29) is 6.54 Å². The number of amides is 2. The molecule has 0 fully saturated rings. The lowest BCUT2D eigenvalue weighted by molar-refractivity contribution is 0.190. The van der Waals surface area contributed by atoms with Gasteiger partial charge in [-0.05, 0) is 31.5 Å². The van der Waals surface area contributed by atoms with Crippen LogP contribution in [0.15, 0.2) is 30.5 Å². The highest BCUT2D eigenvalue weighted by Gasteiger charge is 2.14. The number of aromatic nitrogens is 2. The van der Waals surface area contributed by atoms with Crippen molar-refractivity contribution in [1.29, 1.82) is 5.26 Å². The minimum atomic E-state index is -0.609. The van der Waals surface area contributed by atoms with Crippen LogP contribution >= 0.6 is 0 Å². The van der Waals surface area contributed by atoms with Crippen LogP contribution in [-0.2, 0) is 6.42 Å². The van der Waals surface area contributed by atoms with Gasteiger partial charge >= 0.3 is 6.03 Å². The summed E-state index contributed by atoms with van der Waals surface area (Å²) < 4.78 is 1.73. The molecule has 2 rings (SSSR count). The van der Waals surface area contributed by atoms with Crippen LogP contribution in [0.3, 0.4) is 0 Å². The van der Waals surface area contributed by atoms with Crippen molar-refractivity contribution in [3.63, 3.8) is 0 Å². The number of urea groups is 1. The smallest absolute Gasteiger partial charge is 0.319 e. The molecule has 0 saturated carbocycles. The molecule has 2 aromatic rings. The molecular formula is C17H21N5O2. The Kier molecular flexibility index (Phi) is 5.93. The summed E-state index contributed by atoms with van der Waals surface area (Å²) >= 11 is 0. The Hall–Kier alpha value is -2.85. The highest BCUT2D eigenvalue weighted by atomic mass is 16.3. The molecule has 1 aromatic heterocycles. The summed E-state index contributed by atoms with van der Waals surface area (Å²) in [4.78, 5) is 11.9. The van der Waals surface area contributed by atoms with Crippen molar-refractivity contribution in [2.45, 2.75) is 32.8 Å². The Morgan fingerprint density at radius 1 is 1.50 bits per heavy atom. The van der Waals surface area contributed by atoms with Crippen molar-refractivity contribution in [3.05, 3.63) is 41.7 Å². The molecule has 0 spiro atoms. The highest BCUT2D eigenvalue weighted by Crippen LogP contribution is 2.21. The maximum Gasteiger partial charge on any atom is 0.319 e. The molecule has 7 nitrogen and oxygen atoms in total. The Morgan fingerprint density at radius 3 is 2.96 bits per heavy atom. The molecule has 0 aliphatic heterocycles. The van der Waals surface area contributed by atoms with E-state index in [2.05, 4.69) is 21.8 Å². The van der Waals surface area contributed by atoms with Crippen molar-refractivity contribution >= 4 is 11.7 Å². The van der Waals surface area contributed by atoms with Crippen LogP contribution in [0.4, 0.5) is 10.5 Å². The van der Waals surface area contributed by atoms with Gasteiger partial charge in [-0.2, -0.15) is 10.4 Å². The van der Waals surface area contributed by atoms with E-state index in [1.807, 2.05) is 13.0 Å². The van der Waals surface area contributed by atoms with Gasteiger partial charge in [-0.15, -0.1) is 0 Å². The second kappa shape index (κ2) is 8.13. The molecule has 0 unspecified atom stereocenters. The third kappa shape index (κ3) is 4.33. The maximum atomic E-state index is 11.9. The van der Waals surface area contributed by atoms with Gasteiger partial charge in [0.2, 0.25) is 0 Å². The summed E-state index contributed by atoms with van der Waals surface area (Å²) in [6.07, 6.45) is 2.59. The lowest BCUT2D eigenvalue weighted by Crippen LogP contribution is -2.34. The Bertz CT molecular complexity index is 746. The van der Waals surface area contributed by atoms with Crippen molar-refractivity contribution in [1.82, 2.24) is 15.1 Å². The summed E-state index contributed by atoms with van der Waals surface area (Å²) in [5.74, 6) is 0. The largest absolute Gasteiger partial charge is 0.392 e. The third-order valence-corrected chi connectivity index (χ3v) is 3.38. The second-order valence-corrected chi connectivity index (χ2v) is 5.51. The monoisotopic (exact) mass is 327 g/mol. The van der Waals surface area contributed by atoms with Crippen molar-refractivity contribution in [2.75, 3.05) is 11.9 Å². The Balaban J connectivity index is 2.26. The fourth-order valence-electron chi connectivity index (χ4n) is 2.29. The average molecular weight is 327 g/mol. The summed E-state index contributed by atoms with van der Waals surface area (Å²) in [6, 6.07) is 8.87. The van der Waals surface area contributed by atoms with Crippen molar-refractivity contribution in [2.24, 2.45) is 0 Å². The molecule has 0 saturated heterocycles. The van der Waals surface area contributed by atoms with E-state index in [1.54, 1.807) is 36.0 Å². The van der Waals surface area contributed by atoms with Gasteiger partial charge in [0.05, 0.1) is 41.0 Å². The minimum absolute atomic E-state index is 0.174. The van der Waals surface area contributed by atoms with E-state index in [9.17, 15) is 9.90 Å². The third-order valence-electron chi connectivity index (χ3n) is 3.38. The average Bonchev–Trinajstić information content (AvgIpc) is 2.96. The number of nitrogens with zero attached hydrogens (tertiary/aromatic N) is 3. The first-order valence-corrected chi connectivity index (χ1v) is 7.85. The van der Waals surface area contributed by atoms with E-state index in [1.165, 1.54) is 0 Å². The summed E-state index contributed by atoms with van der Waals surface area (Å²) in [6.45, 7) is 3.82. The number of anilines is 1. The lowest BCUT2D eigenvalue weighted by atomic mass is 10.2. The fraction of sp³-hybridized carbons (Fsp3) is 0.353. The van der Waals surface area contributed by atoms with Gasteiger partial charge in [0.15, 0.2) is 0 Å². The standard InChI is InChI=1S/C17H21N5O2/c1-3-5-16-15(21-17(24)19-10-12(2)23)11-20-22(16)14-7-4-6-13(8-14)9-18/h4,6-8,11-12,23H,3,5,10H2,1-2H3,(H2,19,21,24)/t12-/m1/s1. The predicted molar refractivity (Wildman–Crippen MR) is 91.0 cm³/mol. The number of aliphatic hydroxyl groups is 1. The molecule has 3 N–H and O–H groups in total. The first-order valence-electron chi connectivity index (χ1n) is 7.85. The zero-order chi connectivity index (χ0) is 17.5. The number of hydrogen-bond donors (Lipinski definition) is 3. The van der Waals surface area contributed by atoms with Crippen LogP contribution in [0, 0.1) is 11.3 Å². The number of hydrogen-bond acceptors (Lipinski definition) is 4. The zero-order valence-corrected chi connectivity index (χ0v) is 13.8. The zero-order valence-electron chi connectivity index (χ0n) is 13.8. The molecule has 1 atom stereocenters. The molecule has 126 valence electrons. The Labute approximate surface area is 140 Å². The lowest BCUT2D eigenvalue weighted by Gasteiger charge is -2.11. The topological polar surface area (TPSA) is 103 Å². The quantitative estimate of drug-likeness (QED) is 0.756. The molecule has 0 aliphatic carbocycles. The van der Waals surface area contributed by atoms with Crippen LogP contribution in [-0.4, -0.2) is 33.6 Å². The van der Waals surface area contributed by atoms with Gasteiger partial charge in [-0.25, -0.2) is 9.48 Å². The maximum absolute atomic E-state index is 11.9.